The predicted molar refractivity (Wildman–Crippen MR) is 144 cm³/mol. The van der Waals surface area contributed by atoms with E-state index in [2.05, 4.69) is 69.9 Å². The highest BCUT2D eigenvalue weighted by Gasteiger charge is 2.52. The van der Waals surface area contributed by atoms with Gasteiger partial charge in [-0.15, -0.1) is 0 Å². The van der Waals surface area contributed by atoms with Crippen molar-refractivity contribution in [3.63, 3.8) is 0 Å². The first-order valence-corrected chi connectivity index (χ1v) is 14.5. The summed E-state index contributed by atoms with van der Waals surface area (Å²) in [7, 11) is -0.747. The summed E-state index contributed by atoms with van der Waals surface area (Å²) < 4.78 is 20.9. The van der Waals surface area contributed by atoms with Gasteiger partial charge >= 0.3 is 0 Å². The van der Waals surface area contributed by atoms with Crippen LogP contribution >= 0.6 is 0 Å². The Morgan fingerprint density at radius 1 is 0.886 bits per heavy atom. The second-order valence-corrected chi connectivity index (χ2v) is 15.1. The minimum atomic E-state index is -0.747. The molecule has 3 nitrogen and oxygen atoms in total. The number of benzene rings is 2. The molecule has 0 bridgehead atoms. The second kappa shape index (κ2) is 9.82. The molecule has 190 valence electrons. The van der Waals surface area contributed by atoms with E-state index in [-0.39, 0.29) is 27.8 Å². The molecule has 0 N–H and O–H groups in total. The molecule has 2 fully saturated rings. The van der Waals surface area contributed by atoms with Gasteiger partial charge in [-0.2, -0.15) is 0 Å². The van der Waals surface area contributed by atoms with Crippen LogP contribution in [-0.4, -0.2) is 39.3 Å². The van der Waals surface area contributed by atoms with E-state index in [1.165, 1.54) is 11.6 Å². The summed E-state index contributed by atoms with van der Waals surface area (Å²) in [5, 5.41) is 0.214. The number of carbonyl (C=O) groups is 1. The van der Waals surface area contributed by atoms with Crippen LogP contribution in [0.25, 0.3) is 0 Å². The first-order chi connectivity index (χ1) is 16.5. The van der Waals surface area contributed by atoms with Gasteiger partial charge in [0.2, 0.25) is 5.91 Å². The fraction of sp³-hybridized carbons (Fsp3) is 0.567. The normalized spacial score (nSPS) is 20.5. The zero-order valence-corrected chi connectivity index (χ0v) is 23.6. The zero-order valence-electron chi connectivity index (χ0n) is 22.2. The Morgan fingerprint density at radius 2 is 1.49 bits per heavy atom. The topological polar surface area (TPSA) is 29.5 Å². The van der Waals surface area contributed by atoms with Gasteiger partial charge in [0, 0.05) is 18.5 Å². The molecule has 35 heavy (non-hydrogen) atoms. The number of amides is 1. The van der Waals surface area contributed by atoms with Gasteiger partial charge in [0.15, 0.2) is 9.76 Å². The molecule has 0 spiro atoms. The summed E-state index contributed by atoms with van der Waals surface area (Å²) in [5.41, 5.74) is 1.10. The summed E-state index contributed by atoms with van der Waals surface area (Å²) in [6, 6.07) is 17.5. The van der Waals surface area contributed by atoms with Gasteiger partial charge in [-0.1, -0.05) is 76.1 Å². The average molecular weight is 496 g/mol. The van der Waals surface area contributed by atoms with Crippen LogP contribution in [0.5, 0.6) is 0 Å². The van der Waals surface area contributed by atoms with Crippen LogP contribution in [0.4, 0.5) is 4.39 Å². The largest absolute Gasteiger partial charge is 0.418 e. The van der Waals surface area contributed by atoms with E-state index in [1.807, 2.05) is 6.07 Å². The fourth-order valence-electron chi connectivity index (χ4n) is 6.32. The van der Waals surface area contributed by atoms with Gasteiger partial charge in [-0.05, 0) is 67.8 Å². The predicted octanol–water partition coefficient (Wildman–Crippen LogP) is 6.30. The van der Waals surface area contributed by atoms with Crippen LogP contribution in [0.1, 0.15) is 84.3 Å². The summed E-state index contributed by atoms with van der Waals surface area (Å²) in [5.74, 6) is -0.0738. The standard InChI is InChI=1S/C30H42FNO2Si/c1-27(2,3)35-34-28(4,5)30(23-12-7-6-8-13-23)18-20-32(21-19-30)26(33)29(16-9-10-17-29)24-14-11-15-25(31)22-24/h6-8,11-15,22H,9-10,16-21,35H2,1-5H3. The lowest BCUT2D eigenvalue weighted by atomic mass is 9.63. The molecule has 0 atom stereocenters. The van der Waals surface area contributed by atoms with Crippen LogP contribution in [0.2, 0.25) is 5.04 Å². The molecule has 4 rings (SSSR count). The van der Waals surface area contributed by atoms with E-state index in [1.54, 1.807) is 12.1 Å². The lowest BCUT2D eigenvalue weighted by Crippen LogP contribution is -2.58. The molecule has 0 radical (unpaired) electrons. The molecule has 0 aromatic heterocycles. The first kappa shape index (κ1) is 26.1. The van der Waals surface area contributed by atoms with Crippen LogP contribution in [0.3, 0.4) is 0 Å². The zero-order chi connectivity index (χ0) is 25.3. The third-order valence-corrected chi connectivity index (χ3v) is 10.2. The van der Waals surface area contributed by atoms with Crippen molar-refractivity contribution >= 4 is 15.7 Å². The summed E-state index contributed by atoms with van der Waals surface area (Å²) >= 11 is 0. The maximum atomic E-state index is 14.1. The van der Waals surface area contributed by atoms with Gasteiger partial charge in [-0.3, -0.25) is 4.79 Å². The number of nitrogens with zero attached hydrogens (tertiary/aromatic N) is 1. The Labute approximate surface area is 213 Å². The van der Waals surface area contributed by atoms with E-state index in [0.717, 1.165) is 44.1 Å². The highest BCUT2D eigenvalue weighted by Crippen LogP contribution is 2.49. The Hall–Kier alpha value is -1.98. The van der Waals surface area contributed by atoms with Crippen molar-refractivity contribution < 1.29 is 13.6 Å². The van der Waals surface area contributed by atoms with Gasteiger partial charge in [0.1, 0.15) is 5.82 Å². The lowest BCUT2D eigenvalue weighted by molar-refractivity contribution is -0.140. The number of carbonyl (C=O) groups excluding carboxylic acids is 1. The van der Waals surface area contributed by atoms with Crippen LogP contribution < -0.4 is 0 Å². The van der Waals surface area contributed by atoms with E-state index in [4.69, 9.17) is 4.43 Å². The summed E-state index contributed by atoms with van der Waals surface area (Å²) in [6.07, 6.45) is 5.38. The maximum absolute atomic E-state index is 14.1. The van der Waals surface area contributed by atoms with Crippen molar-refractivity contribution in [2.24, 2.45) is 0 Å². The molecule has 5 heteroatoms. The summed E-state index contributed by atoms with van der Waals surface area (Å²) in [4.78, 5) is 16.1. The van der Waals surface area contributed by atoms with Crippen LogP contribution in [0.15, 0.2) is 54.6 Å². The summed E-state index contributed by atoms with van der Waals surface area (Å²) in [6.45, 7) is 12.7. The Bertz CT molecular complexity index is 1020. The Morgan fingerprint density at radius 3 is 2.06 bits per heavy atom. The number of hydrogen-bond donors (Lipinski definition) is 0. The maximum Gasteiger partial charge on any atom is 0.233 e. The minimum Gasteiger partial charge on any atom is -0.418 e. The molecule has 2 aliphatic rings. The molecule has 1 aliphatic heterocycles. The Balaban J connectivity index is 1.60. The van der Waals surface area contributed by atoms with Gasteiger partial charge in [0.05, 0.1) is 11.0 Å². The van der Waals surface area contributed by atoms with Gasteiger partial charge in [-0.25, -0.2) is 4.39 Å². The van der Waals surface area contributed by atoms with Crippen molar-refractivity contribution in [2.75, 3.05) is 13.1 Å². The lowest BCUT2D eigenvalue weighted by Gasteiger charge is -2.53. The van der Waals surface area contributed by atoms with E-state index in [0.29, 0.717) is 13.1 Å². The highest BCUT2D eigenvalue weighted by molar-refractivity contribution is 6.31. The minimum absolute atomic E-state index is 0.148. The fourth-order valence-corrected chi connectivity index (χ4v) is 7.39. The van der Waals surface area contributed by atoms with Crippen molar-refractivity contribution in [2.45, 2.75) is 94.6 Å². The first-order valence-electron chi connectivity index (χ1n) is 13.2. The molecular formula is C30H42FNO2Si. The molecule has 1 saturated carbocycles. The molecule has 1 amide bonds. The molecule has 1 heterocycles. The van der Waals surface area contributed by atoms with Gasteiger partial charge in [0.25, 0.3) is 0 Å². The van der Waals surface area contributed by atoms with Crippen LogP contribution in [0, 0.1) is 5.82 Å². The molecule has 0 unspecified atom stereocenters. The third-order valence-electron chi connectivity index (χ3n) is 8.49. The molecule has 2 aromatic rings. The van der Waals surface area contributed by atoms with Crippen molar-refractivity contribution in [1.29, 1.82) is 0 Å². The average Bonchev–Trinajstić information content (AvgIpc) is 3.34. The van der Waals surface area contributed by atoms with Crippen LogP contribution in [-0.2, 0) is 20.1 Å². The monoisotopic (exact) mass is 495 g/mol. The molecule has 1 aliphatic carbocycles. The highest BCUT2D eigenvalue weighted by atomic mass is 28.2. The van der Waals surface area contributed by atoms with Crippen molar-refractivity contribution in [3.05, 3.63) is 71.5 Å². The van der Waals surface area contributed by atoms with Crippen molar-refractivity contribution in [3.8, 4) is 0 Å². The smallest absolute Gasteiger partial charge is 0.233 e. The molecule has 1 saturated heterocycles. The SMILES string of the molecule is CC(C)(C)[SiH2]OC(C)(C)C1(c2ccccc2)CCN(C(=O)C2(c3cccc(F)c3)CCCC2)CC1. The Kier molecular flexibility index (Phi) is 7.32. The van der Waals surface area contributed by atoms with E-state index in [9.17, 15) is 9.18 Å². The molecule has 2 aromatic carbocycles. The number of hydrogen-bond acceptors (Lipinski definition) is 2. The van der Waals surface area contributed by atoms with Gasteiger partial charge < -0.3 is 9.33 Å². The number of rotatable bonds is 6. The second-order valence-electron chi connectivity index (χ2n) is 12.4. The van der Waals surface area contributed by atoms with Crippen molar-refractivity contribution in [1.82, 2.24) is 4.90 Å². The number of halogens is 1. The van der Waals surface area contributed by atoms with E-state index >= 15 is 0 Å². The van der Waals surface area contributed by atoms with E-state index < -0.39 is 15.2 Å². The number of likely N-dealkylation sites (tertiary alicyclic amines) is 1. The number of piperidine rings is 1. The quantitative estimate of drug-likeness (QED) is 0.441. The molecular weight excluding hydrogens is 453 g/mol. The third kappa shape index (κ3) is 5.13.